The largest absolute Gasteiger partial charge is 0.375 e. The topological polar surface area (TPSA) is 80.5 Å². The van der Waals surface area contributed by atoms with E-state index in [2.05, 4.69) is 22.1 Å². The molecule has 6 heteroatoms. The molecule has 1 aromatic heterocycles. The van der Waals surface area contributed by atoms with Crippen molar-refractivity contribution in [3.63, 3.8) is 0 Å². The number of aromatic nitrogens is 1. The zero-order valence-corrected chi connectivity index (χ0v) is 14.7. The summed E-state index contributed by atoms with van der Waals surface area (Å²) in [5.41, 5.74) is 6.48. The van der Waals surface area contributed by atoms with Gasteiger partial charge in [0.15, 0.2) is 0 Å². The van der Waals surface area contributed by atoms with Crippen molar-refractivity contribution in [3.05, 3.63) is 23.9 Å². The van der Waals surface area contributed by atoms with Gasteiger partial charge in [0.05, 0.1) is 12.7 Å². The minimum Gasteiger partial charge on any atom is -0.375 e. The van der Waals surface area contributed by atoms with Crippen molar-refractivity contribution < 1.29 is 9.53 Å². The van der Waals surface area contributed by atoms with Gasteiger partial charge in [0, 0.05) is 32.3 Å². The monoisotopic (exact) mass is 334 g/mol. The second kappa shape index (κ2) is 10.3. The second-order valence-corrected chi connectivity index (χ2v) is 6.38. The molecule has 2 heterocycles. The number of pyridine rings is 1. The summed E-state index contributed by atoms with van der Waals surface area (Å²) in [6, 6.07) is 4.05. The van der Waals surface area contributed by atoms with Gasteiger partial charge in [0.1, 0.15) is 5.82 Å². The molecule has 1 aromatic rings. The Morgan fingerprint density at radius 2 is 2.21 bits per heavy atom. The molecule has 1 saturated heterocycles. The van der Waals surface area contributed by atoms with E-state index in [9.17, 15) is 4.79 Å². The van der Waals surface area contributed by atoms with Crippen molar-refractivity contribution in [2.75, 3.05) is 31.1 Å². The minimum absolute atomic E-state index is 0.105. The third kappa shape index (κ3) is 6.45. The van der Waals surface area contributed by atoms with E-state index in [1.54, 1.807) is 0 Å². The Labute approximate surface area is 144 Å². The van der Waals surface area contributed by atoms with Crippen LogP contribution in [-0.4, -0.2) is 43.2 Å². The van der Waals surface area contributed by atoms with Crippen LogP contribution in [0.2, 0.25) is 0 Å². The van der Waals surface area contributed by atoms with Gasteiger partial charge in [-0.15, -0.1) is 0 Å². The molecular weight excluding hydrogens is 304 g/mol. The molecule has 0 saturated carbocycles. The number of hydrogen-bond donors (Lipinski definition) is 2. The summed E-state index contributed by atoms with van der Waals surface area (Å²) in [5.74, 6) is 1.08. The number of hydrogen-bond acceptors (Lipinski definition) is 5. The van der Waals surface area contributed by atoms with E-state index in [-0.39, 0.29) is 12.0 Å². The van der Waals surface area contributed by atoms with Crippen molar-refractivity contribution in [2.24, 2.45) is 5.73 Å². The molecule has 1 amide bonds. The van der Waals surface area contributed by atoms with Crippen LogP contribution in [0.25, 0.3) is 0 Å². The molecule has 0 aromatic carbocycles. The average molecular weight is 334 g/mol. The van der Waals surface area contributed by atoms with Crippen molar-refractivity contribution >= 4 is 11.7 Å². The smallest absolute Gasteiger partial charge is 0.220 e. The number of carbonyl (C=O) groups excluding carboxylic acids is 1. The Kier molecular flexibility index (Phi) is 7.98. The molecule has 1 unspecified atom stereocenters. The molecule has 0 spiro atoms. The lowest BCUT2D eigenvalue weighted by Gasteiger charge is -2.32. The standard InChI is InChI=1S/C18H30N4O2/c1-15-14-22(10-11-24-15)17-8-7-16(12-20-17)13-21-18(23)6-4-2-3-5-9-19/h7-8,12,15H,2-6,9-11,13-14,19H2,1H3,(H,21,23). The molecule has 134 valence electrons. The number of ether oxygens (including phenoxy) is 1. The fourth-order valence-corrected chi connectivity index (χ4v) is 2.81. The van der Waals surface area contributed by atoms with Crippen LogP contribution in [-0.2, 0) is 16.1 Å². The molecule has 24 heavy (non-hydrogen) atoms. The van der Waals surface area contributed by atoms with Gasteiger partial charge >= 0.3 is 0 Å². The van der Waals surface area contributed by atoms with Gasteiger partial charge in [-0.1, -0.05) is 18.9 Å². The number of nitrogens with one attached hydrogen (secondary N) is 1. The zero-order chi connectivity index (χ0) is 17.2. The van der Waals surface area contributed by atoms with E-state index in [1.165, 1.54) is 0 Å². The molecule has 0 radical (unpaired) electrons. The molecule has 1 fully saturated rings. The number of carbonyl (C=O) groups is 1. The first-order valence-corrected chi connectivity index (χ1v) is 8.97. The van der Waals surface area contributed by atoms with E-state index >= 15 is 0 Å². The maximum absolute atomic E-state index is 11.8. The Morgan fingerprint density at radius 3 is 2.92 bits per heavy atom. The SMILES string of the molecule is CC1CN(c2ccc(CNC(=O)CCCCCCN)cn2)CCO1. The first-order valence-electron chi connectivity index (χ1n) is 8.97. The van der Waals surface area contributed by atoms with Crippen molar-refractivity contribution in [3.8, 4) is 0 Å². The molecule has 1 aliphatic rings. The summed E-state index contributed by atoms with van der Waals surface area (Å²) in [6.45, 7) is 5.83. The van der Waals surface area contributed by atoms with E-state index in [4.69, 9.17) is 10.5 Å². The summed E-state index contributed by atoms with van der Waals surface area (Å²) >= 11 is 0. The fourth-order valence-electron chi connectivity index (χ4n) is 2.81. The van der Waals surface area contributed by atoms with Gasteiger partial charge in [-0.3, -0.25) is 4.79 Å². The average Bonchev–Trinajstić information content (AvgIpc) is 2.60. The van der Waals surface area contributed by atoms with Gasteiger partial charge in [-0.2, -0.15) is 0 Å². The van der Waals surface area contributed by atoms with Crippen LogP contribution in [0.4, 0.5) is 5.82 Å². The van der Waals surface area contributed by atoms with Crippen LogP contribution in [0.5, 0.6) is 0 Å². The summed E-state index contributed by atoms with van der Waals surface area (Å²) in [6.07, 6.45) is 6.82. The van der Waals surface area contributed by atoms with Crippen molar-refractivity contribution in [1.82, 2.24) is 10.3 Å². The molecule has 1 atom stereocenters. The lowest BCUT2D eigenvalue weighted by Crippen LogP contribution is -2.41. The van der Waals surface area contributed by atoms with Crippen LogP contribution in [0.3, 0.4) is 0 Å². The van der Waals surface area contributed by atoms with Gasteiger partial charge in [-0.25, -0.2) is 4.98 Å². The van der Waals surface area contributed by atoms with Crippen LogP contribution in [0, 0.1) is 0 Å². The maximum atomic E-state index is 11.8. The number of rotatable bonds is 9. The summed E-state index contributed by atoms with van der Waals surface area (Å²) in [7, 11) is 0. The molecule has 0 bridgehead atoms. The number of morpholine rings is 1. The first kappa shape index (κ1) is 18.7. The normalized spacial score (nSPS) is 17.8. The first-order chi connectivity index (χ1) is 11.7. The number of anilines is 1. The van der Waals surface area contributed by atoms with Crippen LogP contribution in [0.1, 0.15) is 44.6 Å². The molecule has 6 nitrogen and oxygen atoms in total. The van der Waals surface area contributed by atoms with Crippen LogP contribution < -0.4 is 16.0 Å². The number of nitrogens with two attached hydrogens (primary N) is 1. The number of amides is 1. The van der Waals surface area contributed by atoms with E-state index in [0.717, 1.165) is 63.3 Å². The molecular formula is C18H30N4O2. The third-order valence-corrected chi connectivity index (χ3v) is 4.22. The van der Waals surface area contributed by atoms with Gasteiger partial charge in [0.25, 0.3) is 0 Å². The Balaban J connectivity index is 1.69. The summed E-state index contributed by atoms with van der Waals surface area (Å²) in [5, 5.41) is 2.96. The third-order valence-electron chi connectivity index (χ3n) is 4.22. The van der Waals surface area contributed by atoms with Gasteiger partial charge in [-0.05, 0) is 37.9 Å². The van der Waals surface area contributed by atoms with Crippen LogP contribution >= 0.6 is 0 Å². The number of nitrogens with zero attached hydrogens (tertiary/aromatic N) is 2. The lowest BCUT2D eigenvalue weighted by atomic mass is 10.1. The second-order valence-electron chi connectivity index (χ2n) is 6.38. The molecule has 0 aliphatic carbocycles. The Bertz CT molecular complexity index is 492. The Hall–Kier alpha value is -1.66. The highest BCUT2D eigenvalue weighted by Gasteiger charge is 2.17. The van der Waals surface area contributed by atoms with Crippen molar-refractivity contribution in [1.29, 1.82) is 0 Å². The zero-order valence-electron chi connectivity index (χ0n) is 14.7. The quantitative estimate of drug-likeness (QED) is 0.674. The minimum atomic E-state index is 0.105. The molecule has 1 aliphatic heterocycles. The predicted octanol–water partition coefficient (Wildman–Crippen LogP) is 1.83. The van der Waals surface area contributed by atoms with Crippen molar-refractivity contribution in [2.45, 2.75) is 51.7 Å². The Morgan fingerprint density at radius 1 is 1.38 bits per heavy atom. The summed E-state index contributed by atoms with van der Waals surface area (Å²) in [4.78, 5) is 18.6. The van der Waals surface area contributed by atoms with E-state index in [0.29, 0.717) is 13.0 Å². The van der Waals surface area contributed by atoms with Gasteiger partial charge < -0.3 is 20.7 Å². The summed E-state index contributed by atoms with van der Waals surface area (Å²) < 4.78 is 5.55. The molecule has 3 N–H and O–H groups in total. The van der Waals surface area contributed by atoms with E-state index in [1.807, 2.05) is 18.3 Å². The highest BCUT2D eigenvalue weighted by atomic mass is 16.5. The maximum Gasteiger partial charge on any atom is 0.220 e. The van der Waals surface area contributed by atoms with Crippen LogP contribution in [0.15, 0.2) is 18.3 Å². The molecule has 2 rings (SSSR count). The van der Waals surface area contributed by atoms with Gasteiger partial charge in [0.2, 0.25) is 5.91 Å². The highest BCUT2D eigenvalue weighted by Crippen LogP contribution is 2.15. The highest BCUT2D eigenvalue weighted by molar-refractivity contribution is 5.75. The lowest BCUT2D eigenvalue weighted by molar-refractivity contribution is -0.121. The van der Waals surface area contributed by atoms with E-state index < -0.39 is 0 Å². The number of unbranched alkanes of at least 4 members (excludes halogenated alkanes) is 3. The predicted molar refractivity (Wildman–Crippen MR) is 95.9 cm³/mol. The fraction of sp³-hybridized carbons (Fsp3) is 0.667.